The van der Waals surface area contributed by atoms with Crippen LogP contribution in [0.1, 0.15) is 20.3 Å². The first-order valence-electron chi connectivity index (χ1n) is 6.36. The molecule has 3 N–H and O–H groups in total. The van der Waals surface area contributed by atoms with E-state index in [-0.39, 0.29) is 11.9 Å². The van der Waals surface area contributed by atoms with Gasteiger partial charge in [0.25, 0.3) is 0 Å². The van der Waals surface area contributed by atoms with Crippen LogP contribution in [-0.4, -0.2) is 29.1 Å². The molecule has 0 radical (unpaired) electrons. The molecule has 1 atom stereocenters. The number of thiophene rings is 1. The van der Waals surface area contributed by atoms with Crippen molar-refractivity contribution in [3.63, 3.8) is 0 Å². The van der Waals surface area contributed by atoms with Gasteiger partial charge in [-0.05, 0) is 23.8 Å². The van der Waals surface area contributed by atoms with Gasteiger partial charge in [-0.15, -0.1) is 11.3 Å². The van der Waals surface area contributed by atoms with E-state index in [9.17, 15) is 4.79 Å². The van der Waals surface area contributed by atoms with Crippen LogP contribution >= 0.6 is 11.3 Å². The van der Waals surface area contributed by atoms with Gasteiger partial charge in [-0.3, -0.25) is 0 Å². The number of hydrogen-bond acceptors (Lipinski definition) is 7. The van der Waals surface area contributed by atoms with Gasteiger partial charge in [0.05, 0.1) is 12.5 Å². The SMILES string of the molecule is COC(=O)C(CC(C)C)Nc1nc(N)nc2sccc12. The molecule has 0 aliphatic rings. The van der Waals surface area contributed by atoms with Gasteiger partial charge < -0.3 is 15.8 Å². The topological polar surface area (TPSA) is 90.1 Å². The Kier molecular flexibility index (Phi) is 4.39. The Hall–Kier alpha value is -1.89. The zero-order valence-corrected chi connectivity index (χ0v) is 12.5. The third-order valence-electron chi connectivity index (χ3n) is 2.85. The van der Waals surface area contributed by atoms with Crippen molar-refractivity contribution in [3.8, 4) is 0 Å². The van der Waals surface area contributed by atoms with E-state index in [0.717, 1.165) is 10.2 Å². The Morgan fingerprint density at radius 1 is 1.50 bits per heavy atom. The Morgan fingerprint density at radius 2 is 2.25 bits per heavy atom. The fourth-order valence-corrected chi connectivity index (χ4v) is 2.75. The number of anilines is 2. The summed E-state index contributed by atoms with van der Waals surface area (Å²) in [7, 11) is 1.38. The van der Waals surface area contributed by atoms with Crippen LogP contribution in [0.4, 0.5) is 11.8 Å². The number of nitrogens with one attached hydrogen (secondary N) is 1. The second kappa shape index (κ2) is 6.04. The van der Waals surface area contributed by atoms with E-state index < -0.39 is 6.04 Å². The van der Waals surface area contributed by atoms with Crippen molar-refractivity contribution in [1.82, 2.24) is 9.97 Å². The van der Waals surface area contributed by atoms with E-state index in [4.69, 9.17) is 10.5 Å². The summed E-state index contributed by atoms with van der Waals surface area (Å²) in [6, 6.07) is 1.46. The summed E-state index contributed by atoms with van der Waals surface area (Å²) in [6.07, 6.45) is 0.655. The van der Waals surface area contributed by atoms with Gasteiger partial charge in [0, 0.05) is 0 Å². The Bertz CT molecular complexity index is 611. The standard InChI is InChI=1S/C13H18N4O2S/c1-7(2)6-9(12(18)19-3)15-10-8-4-5-20-11(8)17-13(14)16-10/h4-5,7,9H,6H2,1-3H3,(H3,14,15,16,17). The van der Waals surface area contributed by atoms with Crippen molar-refractivity contribution in [2.24, 2.45) is 5.92 Å². The highest BCUT2D eigenvalue weighted by Crippen LogP contribution is 2.27. The smallest absolute Gasteiger partial charge is 0.328 e. The molecule has 6 nitrogen and oxygen atoms in total. The van der Waals surface area contributed by atoms with Crippen molar-refractivity contribution in [1.29, 1.82) is 0 Å². The number of carbonyl (C=O) groups excluding carboxylic acids is 1. The molecular formula is C13H18N4O2S. The van der Waals surface area contributed by atoms with Gasteiger partial charge in [-0.25, -0.2) is 9.78 Å². The molecule has 0 bridgehead atoms. The molecule has 0 aliphatic heterocycles. The number of rotatable bonds is 5. The maximum Gasteiger partial charge on any atom is 0.328 e. The quantitative estimate of drug-likeness (QED) is 0.822. The lowest BCUT2D eigenvalue weighted by molar-refractivity contribution is -0.141. The molecule has 2 rings (SSSR count). The third kappa shape index (κ3) is 3.16. The van der Waals surface area contributed by atoms with Crippen LogP contribution < -0.4 is 11.1 Å². The van der Waals surface area contributed by atoms with Crippen molar-refractivity contribution in [2.45, 2.75) is 26.3 Å². The van der Waals surface area contributed by atoms with Gasteiger partial charge in [-0.2, -0.15) is 4.98 Å². The lowest BCUT2D eigenvalue weighted by Gasteiger charge is -2.19. The molecule has 0 fully saturated rings. The van der Waals surface area contributed by atoms with Crippen LogP contribution in [0.2, 0.25) is 0 Å². The number of aromatic nitrogens is 2. The zero-order valence-electron chi connectivity index (χ0n) is 11.7. The number of hydrogen-bond donors (Lipinski definition) is 2. The lowest BCUT2D eigenvalue weighted by Crippen LogP contribution is -2.32. The van der Waals surface area contributed by atoms with Gasteiger partial charge in [0.2, 0.25) is 5.95 Å². The molecule has 0 aromatic carbocycles. The molecule has 0 saturated carbocycles. The highest BCUT2D eigenvalue weighted by atomic mass is 32.1. The summed E-state index contributed by atoms with van der Waals surface area (Å²) in [5.41, 5.74) is 5.70. The highest BCUT2D eigenvalue weighted by Gasteiger charge is 2.22. The second-order valence-corrected chi connectivity index (χ2v) is 5.81. The van der Waals surface area contributed by atoms with Crippen molar-refractivity contribution < 1.29 is 9.53 Å². The lowest BCUT2D eigenvalue weighted by atomic mass is 10.0. The fraction of sp³-hybridized carbons (Fsp3) is 0.462. The zero-order chi connectivity index (χ0) is 14.7. The molecule has 2 aromatic heterocycles. The predicted molar refractivity (Wildman–Crippen MR) is 80.7 cm³/mol. The average molecular weight is 294 g/mol. The number of nitrogens with zero attached hydrogens (tertiary/aromatic N) is 2. The molecule has 2 heterocycles. The summed E-state index contributed by atoms with van der Waals surface area (Å²) >= 11 is 1.48. The van der Waals surface area contributed by atoms with Crippen LogP contribution in [0.15, 0.2) is 11.4 Å². The minimum atomic E-state index is -0.447. The van der Waals surface area contributed by atoms with E-state index in [2.05, 4.69) is 15.3 Å². The molecular weight excluding hydrogens is 276 g/mol. The summed E-state index contributed by atoms with van der Waals surface area (Å²) in [5, 5.41) is 5.91. The largest absolute Gasteiger partial charge is 0.467 e. The summed E-state index contributed by atoms with van der Waals surface area (Å²) in [4.78, 5) is 21.0. The van der Waals surface area contributed by atoms with Crippen LogP contribution in [0.3, 0.4) is 0 Å². The second-order valence-electron chi connectivity index (χ2n) is 4.92. The molecule has 108 valence electrons. The van der Waals surface area contributed by atoms with Crippen LogP contribution in [0, 0.1) is 5.92 Å². The average Bonchev–Trinajstić information content (AvgIpc) is 2.84. The number of esters is 1. The number of carbonyl (C=O) groups is 1. The minimum Gasteiger partial charge on any atom is -0.467 e. The molecule has 0 saturated heterocycles. The molecule has 0 aliphatic carbocycles. The molecule has 20 heavy (non-hydrogen) atoms. The van der Waals surface area contributed by atoms with E-state index in [1.165, 1.54) is 18.4 Å². The summed E-state index contributed by atoms with van der Waals surface area (Å²) in [5.74, 6) is 0.809. The van der Waals surface area contributed by atoms with Gasteiger partial charge in [0.15, 0.2) is 0 Å². The number of fused-ring (bicyclic) bond motifs is 1. The third-order valence-corrected chi connectivity index (χ3v) is 3.65. The molecule has 1 unspecified atom stereocenters. The summed E-state index contributed by atoms with van der Waals surface area (Å²) < 4.78 is 4.84. The van der Waals surface area contributed by atoms with Gasteiger partial charge in [-0.1, -0.05) is 13.8 Å². The van der Waals surface area contributed by atoms with E-state index in [1.807, 2.05) is 25.3 Å². The first-order chi connectivity index (χ1) is 9.51. The van der Waals surface area contributed by atoms with Gasteiger partial charge >= 0.3 is 5.97 Å². The van der Waals surface area contributed by atoms with Crippen LogP contribution in [-0.2, 0) is 9.53 Å². The molecule has 0 amide bonds. The maximum atomic E-state index is 11.9. The number of nitrogen functional groups attached to an aromatic ring is 1. The number of nitrogens with two attached hydrogens (primary N) is 1. The fourth-order valence-electron chi connectivity index (χ4n) is 1.97. The Balaban J connectivity index is 2.32. The molecule has 7 heteroatoms. The van der Waals surface area contributed by atoms with E-state index >= 15 is 0 Å². The number of methoxy groups -OCH3 is 1. The van der Waals surface area contributed by atoms with Crippen LogP contribution in [0.5, 0.6) is 0 Å². The van der Waals surface area contributed by atoms with Gasteiger partial charge in [0.1, 0.15) is 16.7 Å². The van der Waals surface area contributed by atoms with Crippen molar-refractivity contribution >= 4 is 39.3 Å². The van der Waals surface area contributed by atoms with E-state index in [1.54, 1.807) is 0 Å². The summed E-state index contributed by atoms with van der Waals surface area (Å²) in [6.45, 7) is 4.10. The van der Waals surface area contributed by atoms with E-state index in [0.29, 0.717) is 18.2 Å². The minimum absolute atomic E-state index is 0.190. The maximum absolute atomic E-state index is 11.9. The molecule has 2 aromatic rings. The molecule has 0 spiro atoms. The predicted octanol–water partition coefficient (Wildman–Crippen LogP) is 2.27. The number of ether oxygens (including phenoxy) is 1. The normalized spacial score (nSPS) is 12.6. The Morgan fingerprint density at radius 3 is 2.90 bits per heavy atom. The first-order valence-corrected chi connectivity index (χ1v) is 7.24. The highest BCUT2D eigenvalue weighted by molar-refractivity contribution is 7.16. The Labute approximate surface area is 121 Å². The van der Waals surface area contributed by atoms with Crippen LogP contribution in [0.25, 0.3) is 10.2 Å². The monoisotopic (exact) mass is 294 g/mol. The van der Waals surface area contributed by atoms with Crippen molar-refractivity contribution in [3.05, 3.63) is 11.4 Å². The first kappa shape index (κ1) is 14.5. The van der Waals surface area contributed by atoms with Crippen molar-refractivity contribution in [2.75, 3.05) is 18.2 Å².